The van der Waals surface area contributed by atoms with Crippen LogP contribution in [0.25, 0.3) is 98.0 Å². The fraction of sp³-hybridized carbons (Fsp3) is 0. The van der Waals surface area contributed by atoms with Crippen molar-refractivity contribution in [3.8, 4) is 33.4 Å². The molecule has 0 unspecified atom stereocenters. The number of hydrogen-bond acceptors (Lipinski definition) is 1. The molecule has 0 saturated carbocycles. The summed E-state index contributed by atoms with van der Waals surface area (Å²) >= 11 is 0. The highest BCUT2D eigenvalue weighted by molar-refractivity contribution is 6.38. The Labute approximate surface area is 355 Å². The van der Waals surface area contributed by atoms with Gasteiger partial charge in [0.15, 0.2) is 0 Å². The predicted octanol–water partition coefficient (Wildman–Crippen LogP) is 17.1. The first-order valence-corrected chi connectivity index (χ1v) is 21.1. The molecule has 0 bridgehead atoms. The second-order valence-electron chi connectivity index (χ2n) is 16.0. The van der Waals surface area contributed by atoms with E-state index < -0.39 is 0 Å². The first-order chi connectivity index (χ1) is 30.3. The third-order valence-corrected chi connectivity index (χ3v) is 12.6. The average Bonchev–Trinajstić information content (AvgIpc) is 3.34. The van der Waals surface area contributed by atoms with Gasteiger partial charge in [-0.15, -0.1) is 0 Å². The van der Waals surface area contributed by atoms with Gasteiger partial charge in [-0.25, -0.2) is 0 Å². The molecule has 0 saturated heterocycles. The molecule has 0 N–H and O–H groups in total. The minimum Gasteiger partial charge on any atom is -0.311 e. The Bertz CT molecular complexity index is 3570. The maximum Gasteiger partial charge on any atom is 0.0462 e. The monoisotopic (exact) mass is 773 g/mol. The third-order valence-electron chi connectivity index (χ3n) is 12.6. The Kier molecular flexibility index (Phi) is 8.25. The lowest BCUT2D eigenvalue weighted by Crippen LogP contribution is -2.09. The maximum atomic E-state index is 2.43. The van der Waals surface area contributed by atoms with Crippen molar-refractivity contribution in [2.45, 2.75) is 0 Å². The maximum absolute atomic E-state index is 2.43. The Hall–Kier alpha value is -8.00. The molecule has 0 spiro atoms. The number of benzene rings is 12. The number of para-hydroxylation sites is 2. The second-order valence-corrected chi connectivity index (χ2v) is 16.0. The van der Waals surface area contributed by atoms with Crippen LogP contribution in [0.1, 0.15) is 0 Å². The van der Waals surface area contributed by atoms with Crippen LogP contribution in [0, 0.1) is 0 Å². The molecule has 0 radical (unpaired) electrons. The lowest BCUT2D eigenvalue weighted by Gasteiger charge is -2.25. The first-order valence-electron chi connectivity index (χ1n) is 21.1. The summed E-state index contributed by atoms with van der Waals surface area (Å²) in [5.74, 6) is 0. The van der Waals surface area contributed by atoms with Crippen LogP contribution in [0.2, 0.25) is 0 Å². The van der Waals surface area contributed by atoms with E-state index in [9.17, 15) is 0 Å². The number of rotatable bonds is 6. The Balaban J connectivity index is 1.09. The van der Waals surface area contributed by atoms with Crippen LogP contribution in [0.3, 0.4) is 0 Å². The third kappa shape index (κ3) is 5.70. The van der Waals surface area contributed by atoms with Crippen molar-refractivity contribution in [1.82, 2.24) is 0 Å². The summed E-state index contributed by atoms with van der Waals surface area (Å²) in [7, 11) is 0. The standard InChI is InChI=1S/C60H39N/c1-3-18-44(19-4-1)61(45-20-5-2-6-21-45)46-37-35-41(36-38-46)40-31-33-42(34-32-40)57-54-29-15-16-30-55(54)58(56-39-43-17-7-8-22-47(43)48-23-9-10-26-51(48)56)60-53-28-14-12-25-50(53)49-24-11-13-27-52(49)59(57)60/h1-39H. The van der Waals surface area contributed by atoms with Crippen LogP contribution in [-0.4, -0.2) is 0 Å². The topological polar surface area (TPSA) is 3.24 Å². The Morgan fingerprint density at radius 2 is 0.590 bits per heavy atom. The SMILES string of the molecule is c1ccc(N(c2ccccc2)c2ccc(-c3ccc(-c4c5ccccc5c(-c5cc6ccccc6c6ccccc56)c5c6ccccc6c6ccccc6c45)cc3)cc2)cc1. The highest BCUT2D eigenvalue weighted by atomic mass is 15.1. The first kappa shape index (κ1) is 35.0. The number of anilines is 3. The van der Waals surface area contributed by atoms with Crippen molar-refractivity contribution in [3.63, 3.8) is 0 Å². The minimum atomic E-state index is 1.12. The molecule has 0 heterocycles. The quantitative estimate of drug-likeness (QED) is 0.120. The molecule has 61 heavy (non-hydrogen) atoms. The summed E-state index contributed by atoms with van der Waals surface area (Å²) in [5, 5.41) is 15.3. The van der Waals surface area contributed by atoms with Gasteiger partial charge < -0.3 is 4.90 Å². The van der Waals surface area contributed by atoms with E-state index in [1.165, 1.54) is 98.0 Å². The van der Waals surface area contributed by atoms with E-state index in [1.807, 2.05) is 0 Å². The molecular formula is C60H39N. The number of fused-ring (bicyclic) bond motifs is 10. The van der Waals surface area contributed by atoms with E-state index in [2.05, 4.69) is 241 Å². The summed E-state index contributed by atoms with van der Waals surface area (Å²) in [6.45, 7) is 0. The molecule has 0 atom stereocenters. The van der Waals surface area contributed by atoms with Crippen molar-refractivity contribution in [1.29, 1.82) is 0 Å². The molecule has 0 aliphatic rings. The van der Waals surface area contributed by atoms with Gasteiger partial charge in [0.2, 0.25) is 0 Å². The molecule has 1 heteroatoms. The molecule has 12 rings (SSSR count). The minimum absolute atomic E-state index is 1.12. The average molecular weight is 774 g/mol. The van der Waals surface area contributed by atoms with Gasteiger partial charge in [0.05, 0.1) is 0 Å². The van der Waals surface area contributed by atoms with Crippen LogP contribution >= 0.6 is 0 Å². The second kappa shape index (κ2) is 14.4. The van der Waals surface area contributed by atoms with Gasteiger partial charge >= 0.3 is 0 Å². The smallest absolute Gasteiger partial charge is 0.0462 e. The zero-order chi connectivity index (χ0) is 40.3. The summed E-state index contributed by atoms with van der Waals surface area (Å²) < 4.78 is 0. The summed E-state index contributed by atoms with van der Waals surface area (Å²) in [6.07, 6.45) is 0. The molecule has 0 fully saturated rings. The molecule has 1 nitrogen and oxygen atoms in total. The van der Waals surface area contributed by atoms with Crippen molar-refractivity contribution >= 4 is 81.7 Å². The molecule has 0 aliphatic carbocycles. The largest absolute Gasteiger partial charge is 0.311 e. The molecule has 0 aromatic heterocycles. The molecule has 12 aromatic rings. The molecular weight excluding hydrogens is 735 g/mol. The zero-order valence-electron chi connectivity index (χ0n) is 33.5. The van der Waals surface area contributed by atoms with E-state index in [4.69, 9.17) is 0 Å². The molecule has 0 amide bonds. The molecule has 0 aliphatic heterocycles. The highest BCUT2D eigenvalue weighted by Crippen LogP contribution is 2.51. The highest BCUT2D eigenvalue weighted by Gasteiger charge is 2.23. The van der Waals surface area contributed by atoms with Crippen LogP contribution in [-0.2, 0) is 0 Å². The summed E-state index contributed by atoms with van der Waals surface area (Å²) in [5.41, 5.74) is 10.8. The van der Waals surface area contributed by atoms with E-state index in [0.717, 1.165) is 17.1 Å². The number of hydrogen-bond donors (Lipinski definition) is 0. The normalized spacial score (nSPS) is 11.6. The van der Waals surface area contributed by atoms with Crippen LogP contribution in [0.5, 0.6) is 0 Å². The summed E-state index contributed by atoms with van der Waals surface area (Å²) in [4.78, 5) is 2.31. The van der Waals surface area contributed by atoms with Crippen molar-refractivity contribution < 1.29 is 0 Å². The van der Waals surface area contributed by atoms with Crippen molar-refractivity contribution in [3.05, 3.63) is 237 Å². The number of nitrogens with zero attached hydrogens (tertiary/aromatic N) is 1. The fourth-order valence-electron chi connectivity index (χ4n) is 9.92. The van der Waals surface area contributed by atoms with E-state index in [1.54, 1.807) is 0 Å². The van der Waals surface area contributed by atoms with E-state index in [-0.39, 0.29) is 0 Å². The van der Waals surface area contributed by atoms with Gasteiger partial charge in [0.25, 0.3) is 0 Å². The van der Waals surface area contributed by atoms with Gasteiger partial charge in [-0.1, -0.05) is 194 Å². The van der Waals surface area contributed by atoms with Gasteiger partial charge in [-0.3, -0.25) is 0 Å². The lowest BCUT2D eigenvalue weighted by molar-refractivity contribution is 1.28. The zero-order valence-corrected chi connectivity index (χ0v) is 33.5. The van der Waals surface area contributed by atoms with Crippen LogP contribution < -0.4 is 4.90 Å². The lowest BCUT2D eigenvalue weighted by atomic mass is 9.80. The Morgan fingerprint density at radius 3 is 1.15 bits per heavy atom. The van der Waals surface area contributed by atoms with E-state index in [0.29, 0.717) is 0 Å². The van der Waals surface area contributed by atoms with Gasteiger partial charge in [0, 0.05) is 17.1 Å². The van der Waals surface area contributed by atoms with Gasteiger partial charge in [0.1, 0.15) is 0 Å². The van der Waals surface area contributed by atoms with Crippen LogP contribution in [0.4, 0.5) is 17.1 Å². The fourth-order valence-corrected chi connectivity index (χ4v) is 9.92. The van der Waals surface area contributed by atoms with E-state index >= 15 is 0 Å². The summed E-state index contributed by atoms with van der Waals surface area (Å²) in [6, 6.07) is 86.7. The van der Waals surface area contributed by atoms with Crippen molar-refractivity contribution in [2.24, 2.45) is 0 Å². The molecule has 12 aromatic carbocycles. The van der Waals surface area contributed by atoms with Crippen molar-refractivity contribution in [2.75, 3.05) is 4.90 Å². The predicted molar refractivity (Wildman–Crippen MR) is 262 cm³/mol. The van der Waals surface area contributed by atoms with Crippen LogP contribution in [0.15, 0.2) is 237 Å². The molecule has 284 valence electrons. The Morgan fingerprint density at radius 1 is 0.230 bits per heavy atom. The van der Waals surface area contributed by atoms with Gasteiger partial charge in [-0.2, -0.15) is 0 Å². The van der Waals surface area contributed by atoms with Gasteiger partial charge in [-0.05, 0) is 140 Å².